The van der Waals surface area contributed by atoms with Crippen molar-refractivity contribution < 1.29 is 9.18 Å². The van der Waals surface area contributed by atoms with Gasteiger partial charge in [-0.2, -0.15) is 4.37 Å². The molecule has 0 unspecified atom stereocenters. The smallest absolute Gasteiger partial charge is 0.225 e. The zero-order valence-corrected chi connectivity index (χ0v) is 14.0. The lowest BCUT2D eigenvalue weighted by Crippen LogP contribution is -2.22. The Labute approximate surface area is 147 Å². The molecule has 0 bridgehead atoms. The number of rotatable bonds is 2. The summed E-state index contributed by atoms with van der Waals surface area (Å²) >= 11 is 7.42. The molecule has 0 saturated heterocycles. The molecule has 6 heteroatoms. The fourth-order valence-corrected chi connectivity index (χ4v) is 4.13. The highest BCUT2D eigenvalue weighted by molar-refractivity contribution is 7.07. The van der Waals surface area contributed by atoms with E-state index < -0.39 is 0 Å². The first kappa shape index (κ1) is 15.3. The maximum Gasteiger partial charge on any atom is 0.225 e. The minimum absolute atomic E-state index is 0.0784. The molecule has 0 spiro atoms. The molecule has 0 saturated carbocycles. The first-order valence-electron chi connectivity index (χ1n) is 7.42. The van der Waals surface area contributed by atoms with E-state index in [0.717, 1.165) is 10.4 Å². The summed E-state index contributed by atoms with van der Waals surface area (Å²) in [6.45, 7) is 0. The number of carbonyl (C=O) groups excluding carboxylic acids is 1. The summed E-state index contributed by atoms with van der Waals surface area (Å²) in [7, 11) is 0. The molecule has 0 radical (unpaired) electrons. The van der Waals surface area contributed by atoms with E-state index >= 15 is 0 Å². The molecule has 1 atom stereocenters. The van der Waals surface area contributed by atoms with Gasteiger partial charge in [-0.3, -0.25) is 4.79 Å². The number of halogens is 2. The number of fused-ring (bicyclic) bond motifs is 1. The van der Waals surface area contributed by atoms with Crippen LogP contribution in [0.3, 0.4) is 0 Å². The predicted octanol–water partition coefficient (Wildman–Crippen LogP) is 5.08. The number of hydrogen-bond donors (Lipinski definition) is 1. The molecule has 3 aromatic rings. The molecular formula is C18H12ClFN2OS. The number of aromatic nitrogens is 1. The van der Waals surface area contributed by atoms with Crippen LogP contribution in [-0.2, 0) is 4.79 Å². The van der Waals surface area contributed by atoms with Crippen molar-refractivity contribution in [2.45, 2.75) is 12.3 Å². The number of anilines is 1. The van der Waals surface area contributed by atoms with Crippen LogP contribution >= 0.6 is 23.1 Å². The monoisotopic (exact) mass is 358 g/mol. The first-order valence-corrected chi connectivity index (χ1v) is 8.58. The molecule has 0 fully saturated rings. The molecule has 0 aliphatic carbocycles. The summed E-state index contributed by atoms with van der Waals surface area (Å²) in [5.74, 6) is -0.500. The van der Waals surface area contributed by atoms with Gasteiger partial charge in [-0.25, -0.2) is 4.39 Å². The average molecular weight is 359 g/mol. The van der Waals surface area contributed by atoms with Crippen LogP contribution in [0.15, 0.2) is 48.5 Å². The van der Waals surface area contributed by atoms with Crippen LogP contribution in [0.4, 0.5) is 10.1 Å². The molecular weight excluding hydrogens is 347 g/mol. The van der Waals surface area contributed by atoms with Crippen molar-refractivity contribution in [2.75, 3.05) is 5.32 Å². The maximum absolute atomic E-state index is 13.5. The molecule has 120 valence electrons. The Hall–Kier alpha value is -2.24. The highest BCUT2D eigenvalue weighted by atomic mass is 35.5. The summed E-state index contributed by atoms with van der Waals surface area (Å²) in [6.07, 6.45) is 0.345. The quantitative estimate of drug-likeness (QED) is 0.694. The Morgan fingerprint density at radius 2 is 2.04 bits per heavy atom. The van der Waals surface area contributed by atoms with Gasteiger partial charge < -0.3 is 5.32 Å². The van der Waals surface area contributed by atoms with Crippen molar-refractivity contribution in [1.82, 2.24) is 4.37 Å². The van der Waals surface area contributed by atoms with Gasteiger partial charge in [-0.15, -0.1) is 0 Å². The van der Waals surface area contributed by atoms with Crippen LogP contribution in [-0.4, -0.2) is 10.3 Å². The fourth-order valence-electron chi connectivity index (χ4n) is 2.96. The van der Waals surface area contributed by atoms with Crippen LogP contribution in [0, 0.1) is 5.82 Å². The topological polar surface area (TPSA) is 42.0 Å². The molecule has 2 aromatic carbocycles. The number of carbonyl (C=O) groups is 1. The van der Waals surface area contributed by atoms with E-state index in [1.807, 2.05) is 18.2 Å². The summed E-state index contributed by atoms with van der Waals surface area (Å²) in [5, 5.41) is 3.53. The highest BCUT2D eigenvalue weighted by Gasteiger charge is 2.31. The number of benzene rings is 2. The van der Waals surface area contributed by atoms with Gasteiger partial charge in [0.25, 0.3) is 0 Å². The Morgan fingerprint density at radius 3 is 2.83 bits per heavy atom. The number of hydrogen-bond acceptors (Lipinski definition) is 3. The second-order valence-corrected chi connectivity index (χ2v) is 6.88. The van der Waals surface area contributed by atoms with Crippen LogP contribution in [0.2, 0.25) is 5.02 Å². The molecule has 1 aliphatic rings. The molecule has 1 aliphatic heterocycles. The Bertz CT molecular complexity index is 940. The van der Waals surface area contributed by atoms with Gasteiger partial charge in [0.15, 0.2) is 0 Å². The van der Waals surface area contributed by atoms with E-state index in [9.17, 15) is 9.18 Å². The Kier molecular flexibility index (Phi) is 3.82. The number of amides is 1. The zero-order valence-electron chi connectivity index (χ0n) is 12.4. The van der Waals surface area contributed by atoms with Crippen molar-refractivity contribution in [2.24, 2.45) is 0 Å². The largest absolute Gasteiger partial charge is 0.323 e. The van der Waals surface area contributed by atoms with E-state index in [4.69, 9.17) is 11.6 Å². The van der Waals surface area contributed by atoms with Crippen molar-refractivity contribution >= 4 is 34.7 Å². The zero-order chi connectivity index (χ0) is 16.7. The lowest BCUT2D eigenvalue weighted by Gasteiger charge is -2.23. The summed E-state index contributed by atoms with van der Waals surface area (Å²) in [6, 6.07) is 13.7. The molecule has 1 N–H and O–H groups in total. The van der Waals surface area contributed by atoms with Gasteiger partial charge in [0.05, 0.1) is 10.6 Å². The van der Waals surface area contributed by atoms with E-state index in [1.54, 1.807) is 18.2 Å². The SMILES string of the molecule is O=C1C[C@H](c2cccc(Cl)c2)c2snc(-c3cccc(F)c3)c2N1. The molecule has 1 aromatic heterocycles. The van der Waals surface area contributed by atoms with Gasteiger partial charge in [-0.1, -0.05) is 35.9 Å². The average Bonchev–Trinajstić information content (AvgIpc) is 2.97. The number of nitrogens with one attached hydrogen (secondary N) is 1. The van der Waals surface area contributed by atoms with Gasteiger partial charge in [0, 0.05) is 22.9 Å². The molecule has 1 amide bonds. The second-order valence-electron chi connectivity index (χ2n) is 5.64. The van der Waals surface area contributed by atoms with Crippen LogP contribution in [0.5, 0.6) is 0 Å². The predicted molar refractivity (Wildman–Crippen MR) is 94.0 cm³/mol. The Morgan fingerprint density at radius 1 is 1.21 bits per heavy atom. The van der Waals surface area contributed by atoms with Gasteiger partial charge in [0.1, 0.15) is 11.5 Å². The molecule has 2 heterocycles. The third-order valence-corrected chi connectivity index (χ3v) is 5.23. The van der Waals surface area contributed by atoms with E-state index in [1.165, 1.54) is 23.7 Å². The highest BCUT2D eigenvalue weighted by Crippen LogP contribution is 2.45. The van der Waals surface area contributed by atoms with Crippen LogP contribution in [0.25, 0.3) is 11.3 Å². The van der Waals surface area contributed by atoms with Gasteiger partial charge in [-0.05, 0) is 41.4 Å². The molecule has 24 heavy (non-hydrogen) atoms. The molecule has 4 rings (SSSR count). The lowest BCUT2D eigenvalue weighted by atomic mass is 9.89. The van der Waals surface area contributed by atoms with Crippen molar-refractivity contribution in [3.8, 4) is 11.3 Å². The van der Waals surface area contributed by atoms with E-state index in [0.29, 0.717) is 28.4 Å². The minimum atomic E-state index is -0.331. The summed E-state index contributed by atoms with van der Waals surface area (Å²) in [4.78, 5) is 13.2. The van der Waals surface area contributed by atoms with Crippen molar-refractivity contribution in [1.29, 1.82) is 0 Å². The third kappa shape index (κ3) is 2.70. The van der Waals surface area contributed by atoms with Crippen molar-refractivity contribution in [3.05, 3.63) is 69.8 Å². The maximum atomic E-state index is 13.5. The van der Waals surface area contributed by atoms with Gasteiger partial charge >= 0.3 is 0 Å². The summed E-state index contributed by atoms with van der Waals surface area (Å²) < 4.78 is 18.0. The third-order valence-electron chi connectivity index (χ3n) is 4.04. The fraction of sp³-hybridized carbons (Fsp3) is 0.111. The normalized spacial score (nSPS) is 16.6. The Balaban J connectivity index is 1.83. The second kappa shape index (κ2) is 6.00. The number of nitrogens with zero attached hydrogens (tertiary/aromatic N) is 1. The van der Waals surface area contributed by atoms with Gasteiger partial charge in [0.2, 0.25) is 5.91 Å². The van der Waals surface area contributed by atoms with Crippen LogP contribution < -0.4 is 5.32 Å². The first-order chi connectivity index (χ1) is 11.6. The van der Waals surface area contributed by atoms with Crippen molar-refractivity contribution in [3.63, 3.8) is 0 Å². The van der Waals surface area contributed by atoms with E-state index in [-0.39, 0.29) is 17.6 Å². The lowest BCUT2D eigenvalue weighted by molar-refractivity contribution is -0.116. The summed E-state index contributed by atoms with van der Waals surface area (Å²) in [5.41, 5.74) is 2.91. The van der Waals surface area contributed by atoms with Crippen LogP contribution in [0.1, 0.15) is 22.8 Å². The minimum Gasteiger partial charge on any atom is -0.323 e. The van der Waals surface area contributed by atoms with E-state index in [2.05, 4.69) is 9.69 Å². The standard InChI is InChI=1S/C18H12ClFN2OS/c19-12-5-1-3-10(7-12)14-9-15(23)21-17-16(22-24-18(14)17)11-4-2-6-13(20)8-11/h1-8,14H,9H2,(H,21,23)/t14-/m1/s1. The molecule has 3 nitrogen and oxygen atoms in total.